The van der Waals surface area contributed by atoms with Crippen molar-refractivity contribution in [2.24, 2.45) is 5.92 Å². The van der Waals surface area contributed by atoms with Gasteiger partial charge < -0.3 is 4.74 Å². The summed E-state index contributed by atoms with van der Waals surface area (Å²) >= 11 is 5.76. The minimum absolute atomic E-state index is 0.278. The zero-order valence-corrected chi connectivity index (χ0v) is 5.33. The minimum atomic E-state index is -0.278. The summed E-state index contributed by atoms with van der Waals surface area (Å²) in [6.45, 7) is 4.84. The second-order valence-electron chi connectivity index (χ2n) is 2.23. The maximum Gasteiger partial charge on any atom is 0.167 e. The fraction of sp³-hybridized carbons (Fsp3) is 1.00. The third kappa shape index (κ3) is 0.892. The van der Waals surface area contributed by atoms with E-state index in [1.165, 1.54) is 0 Å². The molecule has 1 rings (SSSR count). The summed E-state index contributed by atoms with van der Waals surface area (Å²) in [5.74, 6) is 0.453. The second-order valence-corrected chi connectivity index (χ2v) is 2.87. The number of rotatable bonds is 1. The van der Waals surface area contributed by atoms with E-state index in [2.05, 4.69) is 13.8 Å². The van der Waals surface area contributed by atoms with Crippen LogP contribution in [0.5, 0.6) is 0 Å². The van der Waals surface area contributed by atoms with Gasteiger partial charge in [0.2, 0.25) is 0 Å². The molecule has 0 radical (unpaired) electrons. The molecule has 0 unspecified atom stereocenters. The second kappa shape index (κ2) is 1.36. The van der Waals surface area contributed by atoms with Crippen LogP contribution in [0.1, 0.15) is 13.8 Å². The Morgan fingerprint density at radius 3 is 2.14 bits per heavy atom. The molecule has 1 atom stereocenters. The first-order valence-corrected chi connectivity index (χ1v) is 2.86. The van der Waals surface area contributed by atoms with Crippen LogP contribution < -0.4 is 0 Å². The molecule has 0 aliphatic carbocycles. The van der Waals surface area contributed by atoms with Gasteiger partial charge in [0, 0.05) is 0 Å². The Hall–Kier alpha value is 0.250. The quantitative estimate of drug-likeness (QED) is 0.378. The number of ether oxygens (including phenoxy) is 1. The molecule has 0 aromatic rings. The molecule has 1 saturated heterocycles. The molecule has 0 N–H and O–H groups in total. The van der Waals surface area contributed by atoms with Crippen molar-refractivity contribution >= 4 is 11.6 Å². The highest BCUT2D eigenvalue weighted by molar-refractivity contribution is 6.24. The van der Waals surface area contributed by atoms with Crippen LogP contribution in [0.15, 0.2) is 0 Å². The van der Waals surface area contributed by atoms with E-state index in [-0.39, 0.29) is 5.06 Å². The van der Waals surface area contributed by atoms with Crippen molar-refractivity contribution in [3.8, 4) is 0 Å². The van der Waals surface area contributed by atoms with Crippen LogP contribution in [-0.2, 0) is 4.74 Å². The van der Waals surface area contributed by atoms with Crippen LogP contribution >= 0.6 is 11.6 Å². The Kier molecular flexibility index (Phi) is 1.05. The molecule has 0 aromatic heterocycles. The summed E-state index contributed by atoms with van der Waals surface area (Å²) in [6, 6.07) is 0. The summed E-state index contributed by atoms with van der Waals surface area (Å²) in [4.78, 5) is 0. The topological polar surface area (TPSA) is 12.5 Å². The maximum absolute atomic E-state index is 5.76. The van der Waals surface area contributed by atoms with Crippen LogP contribution in [0.4, 0.5) is 0 Å². The van der Waals surface area contributed by atoms with Gasteiger partial charge in [-0.25, -0.2) is 0 Å². The first kappa shape index (κ1) is 5.39. The summed E-state index contributed by atoms with van der Waals surface area (Å²) in [5.41, 5.74) is 0. The Morgan fingerprint density at radius 2 is 2.14 bits per heavy atom. The van der Waals surface area contributed by atoms with E-state index in [1.807, 2.05) is 0 Å². The summed E-state index contributed by atoms with van der Waals surface area (Å²) in [5, 5.41) is -0.278. The van der Waals surface area contributed by atoms with Gasteiger partial charge in [0.1, 0.15) is 0 Å². The van der Waals surface area contributed by atoms with E-state index < -0.39 is 0 Å². The number of halogens is 1. The standard InChI is InChI=1S/C5H9ClO/c1-4(2)5(6)3-7-5/h4H,3H2,1-2H3/t5-/m1/s1. The van der Waals surface area contributed by atoms with E-state index in [9.17, 15) is 0 Å². The Labute approximate surface area is 48.6 Å². The lowest BCUT2D eigenvalue weighted by molar-refractivity contribution is 0.321. The molecule has 0 amide bonds. The first-order chi connectivity index (χ1) is 3.15. The third-order valence-electron chi connectivity index (χ3n) is 1.28. The molecule has 1 fully saturated rings. The first-order valence-electron chi connectivity index (χ1n) is 2.48. The van der Waals surface area contributed by atoms with Crippen molar-refractivity contribution in [3.63, 3.8) is 0 Å². The van der Waals surface area contributed by atoms with Crippen molar-refractivity contribution in [3.05, 3.63) is 0 Å². The molecule has 0 aromatic carbocycles. The summed E-state index contributed by atoms with van der Waals surface area (Å²) < 4.78 is 4.92. The van der Waals surface area contributed by atoms with Crippen molar-refractivity contribution in [2.75, 3.05) is 6.61 Å². The smallest absolute Gasteiger partial charge is 0.167 e. The van der Waals surface area contributed by atoms with Gasteiger partial charge in [-0.1, -0.05) is 25.4 Å². The van der Waals surface area contributed by atoms with Crippen LogP contribution in [0.25, 0.3) is 0 Å². The molecular weight excluding hydrogens is 112 g/mol. The molecule has 1 heterocycles. The molecule has 1 aliphatic heterocycles. The molecule has 42 valence electrons. The monoisotopic (exact) mass is 120 g/mol. The van der Waals surface area contributed by atoms with Crippen molar-refractivity contribution in [1.82, 2.24) is 0 Å². The number of alkyl halides is 1. The Morgan fingerprint density at radius 1 is 1.71 bits per heavy atom. The summed E-state index contributed by atoms with van der Waals surface area (Å²) in [6.07, 6.45) is 0. The zero-order valence-electron chi connectivity index (χ0n) is 4.57. The Balaban J connectivity index is 2.39. The lowest BCUT2D eigenvalue weighted by atomic mass is 10.1. The molecule has 2 heteroatoms. The van der Waals surface area contributed by atoms with E-state index in [0.29, 0.717) is 5.92 Å². The average Bonchev–Trinajstić information content (AvgIpc) is 2.21. The molecule has 7 heavy (non-hydrogen) atoms. The molecular formula is C5H9ClO. The summed E-state index contributed by atoms with van der Waals surface area (Å²) in [7, 11) is 0. The fourth-order valence-corrected chi connectivity index (χ4v) is 0.457. The number of epoxide rings is 1. The van der Waals surface area contributed by atoms with Crippen LogP contribution in [-0.4, -0.2) is 11.7 Å². The zero-order chi connectivity index (χ0) is 5.49. The van der Waals surface area contributed by atoms with Crippen molar-refractivity contribution < 1.29 is 4.74 Å². The van der Waals surface area contributed by atoms with Crippen molar-refractivity contribution in [1.29, 1.82) is 0 Å². The van der Waals surface area contributed by atoms with Gasteiger partial charge in [0.05, 0.1) is 6.61 Å². The third-order valence-corrected chi connectivity index (χ3v) is 1.94. The normalized spacial score (nSPS) is 39.4. The van der Waals surface area contributed by atoms with Gasteiger partial charge in [-0.15, -0.1) is 0 Å². The lowest BCUT2D eigenvalue weighted by Crippen LogP contribution is -2.08. The predicted molar refractivity (Wildman–Crippen MR) is 29.4 cm³/mol. The van der Waals surface area contributed by atoms with Crippen LogP contribution in [0.2, 0.25) is 0 Å². The van der Waals surface area contributed by atoms with Crippen LogP contribution in [0.3, 0.4) is 0 Å². The molecule has 1 aliphatic rings. The minimum Gasteiger partial charge on any atom is -0.353 e. The maximum atomic E-state index is 5.76. The van der Waals surface area contributed by atoms with Gasteiger partial charge >= 0.3 is 0 Å². The van der Waals surface area contributed by atoms with Gasteiger partial charge in [-0.05, 0) is 5.92 Å². The molecule has 0 saturated carbocycles. The molecule has 1 nitrogen and oxygen atoms in total. The Bertz CT molecular complexity index is 76.1. The average molecular weight is 121 g/mol. The lowest BCUT2D eigenvalue weighted by Gasteiger charge is -2.03. The fourth-order valence-electron chi connectivity index (χ4n) is 0.402. The van der Waals surface area contributed by atoms with Crippen molar-refractivity contribution in [2.45, 2.75) is 18.9 Å². The molecule has 0 bridgehead atoms. The van der Waals surface area contributed by atoms with E-state index >= 15 is 0 Å². The number of hydrogen-bond donors (Lipinski definition) is 0. The largest absolute Gasteiger partial charge is 0.353 e. The highest BCUT2D eigenvalue weighted by atomic mass is 35.5. The highest BCUT2D eigenvalue weighted by Crippen LogP contribution is 2.38. The van der Waals surface area contributed by atoms with Crippen LogP contribution in [0, 0.1) is 5.92 Å². The SMILES string of the molecule is CC(C)[C@@]1(Cl)CO1. The van der Waals surface area contributed by atoms with E-state index in [0.717, 1.165) is 6.61 Å². The predicted octanol–water partition coefficient (Wildman–Crippen LogP) is 1.61. The van der Waals surface area contributed by atoms with Gasteiger partial charge in [0.15, 0.2) is 5.06 Å². The van der Waals surface area contributed by atoms with Gasteiger partial charge in [-0.2, -0.15) is 0 Å². The van der Waals surface area contributed by atoms with Gasteiger partial charge in [-0.3, -0.25) is 0 Å². The highest BCUT2D eigenvalue weighted by Gasteiger charge is 2.45. The van der Waals surface area contributed by atoms with Gasteiger partial charge in [0.25, 0.3) is 0 Å². The molecule has 0 spiro atoms. The van der Waals surface area contributed by atoms with E-state index in [4.69, 9.17) is 16.3 Å². The number of hydrogen-bond acceptors (Lipinski definition) is 1. The van der Waals surface area contributed by atoms with E-state index in [1.54, 1.807) is 0 Å².